The Hall–Kier alpha value is -1.53. The topological polar surface area (TPSA) is 357 Å². The third-order valence-electron chi connectivity index (χ3n) is 21.3. The number of rotatable bonds is 14. The summed E-state index contributed by atoms with van der Waals surface area (Å²) in [5.41, 5.74) is -2.40. The predicted octanol–water partition coefficient (Wildman–Crippen LogP) is -3.58. The first-order valence-corrected chi connectivity index (χ1v) is 27.4. The third-order valence-corrected chi connectivity index (χ3v) is 21.3. The molecule has 24 heteroatoms. The van der Waals surface area contributed by atoms with Gasteiger partial charge >= 0.3 is 47.5 Å². The number of ether oxygens (including phenoxy) is 9. The Morgan fingerprint density at radius 1 is 0.756 bits per heavy atom. The fourth-order valence-corrected chi connectivity index (χ4v) is 16.5. The van der Waals surface area contributed by atoms with E-state index in [9.17, 15) is 70.6 Å². The molecule has 0 unspecified atom stereocenters. The number of carbonyl (C=O) groups excluding carboxylic acids is 2. The molecule has 28 atom stereocenters. The second-order valence-electron chi connectivity index (χ2n) is 25.8. The van der Waals surface area contributed by atoms with E-state index in [4.69, 9.17) is 42.6 Å². The molecule has 8 fully saturated rings. The van der Waals surface area contributed by atoms with Crippen LogP contribution in [-0.2, 0) is 57.0 Å². The summed E-state index contributed by atoms with van der Waals surface area (Å²) in [6.07, 6.45) is -22.8. The molecule has 0 aromatic heterocycles. The number of esters is 2. The van der Waals surface area contributed by atoms with Crippen molar-refractivity contribution >= 4 is 17.9 Å². The monoisotopic (exact) mass is 1120 g/mol. The second kappa shape index (κ2) is 22.5. The number of carbonyl (C=O) groups is 3. The van der Waals surface area contributed by atoms with Crippen molar-refractivity contribution < 1.29 is 143 Å². The Labute approximate surface area is 476 Å². The number of aliphatic carboxylic acids is 1. The maximum atomic E-state index is 13.6. The van der Waals surface area contributed by atoms with Gasteiger partial charge in [-0.3, -0.25) is 9.59 Å². The van der Waals surface area contributed by atoms with E-state index in [1.807, 2.05) is 6.92 Å². The number of aliphatic hydroxyl groups is 10. The Morgan fingerprint density at radius 3 is 2.06 bits per heavy atom. The number of carboxylic acid groups (broad SMARTS) is 1. The van der Waals surface area contributed by atoms with Gasteiger partial charge in [-0.05, 0) is 98.2 Å². The molecule has 4 heterocycles. The standard InChI is InChI=1S/C54H84O23.Na/c1-22(23(2)71-24(3)57)45(68)70-21-54-26-16-49(4,5)43(42(54)65)73-32(54)17-53(9)25(26)10-11-30-50(6)14-13-31(51(7,20-56)29(50)12-15-52(30,53)8)74-48-40(76-46-36(62)33(59)27(58)19-69-46)38(64)39(41(77-48)44(66)67)75-47-37(63)35(61)34(60)28(18-55)72-47;/h10,22-23,26-43,46-48,55-56,58-65H,11-21H2,1-9H3,(H,66,67);/q;+1/t22-,23-,26+,27-,28-,29+,30+,31-,32-,33+,34-,35+,36-,37-,38+,39+,40-,41+,42-,43-,46+,47-,48-,50+,51-,52+,53-,54-;/m1./s1. The first kappa shape index (κ1) is 62.5. The summed E-state index contributed by atoms with van der Waals surface area (Å²) in [5, 5.41) is 120. The van der Waals surface area contributed by atoms with Gasteiger partial charge in [0.2, 0.25) is 0 Å². The smallest absolute Gasteiger partial charge is 0.479 e. The van der Waals surface area contributed by atoms with Crippen LogP contribution < -0.4 is 29.6 Å². The molecule has 9 aliphatic rings. The van der Waals surface area contributed by atoms with Crippen LogP contribution in [0.4, 0.5) is 0 Å². The zero-order valence-corrected chi connectivity index (χ0v) is 48.5. The number of fused-ring (bicyclic) bond motifs is 7. The van der Waals surface area contributed by atoms with Gasteiger partial charge in [0.25, 0.3) is 0 Å². The van der Waals surface area contributed by atoms with E-state index in [-0.39, 0.29) is 65.9 Å². The van der Waals surface area contributed by atoms with Crippen LogP contribution >= 0.6 is 0 Å². The van der Waals surface area contributed by atoms with E-state index in [1.165, 1.54) is 12.5 Å². The summed E-state index contributed by atoms with van der Waals surface area (Å²) < 4.78 is 54.3. The van der Waals surface area contributed by atoms with Crippen molar-refractivity contribution in [2.75, 3.05) is 26.4 Å². The Bertz CT molecular complexity index is 2240. The first-order chi connectivity index (χ1) is 36.0. The minimum absolute atomic E-state index is 0. The molecule has 9 rings (SSSR count). The van der Waals surface area contributed by atoms with E-state index >= 15 is 0 Å². The molecule has 0 aromatic carbocycles. The zero-order valence-electron chi connectivity index (χ0n) is 46.5. The van der Waals surface area contributed by atoms with Crippen molar-refractivity contribution in [3.63, 3.8) is 0 Å². The first-order valence-electron chi connectivity index (χ1n) is 27.4. The molecule has 0 amide bonds. The Kier molecular flexibility index (Phi) is 18.0. The number of allylic oxidation sites excluding steroid dienone is 2. The fourth-order valence-electron chi connectivity index (χ4n) is 16.5. The molecule has 4 aliphatic heterocycles. The van der Waals surface area contributed by atoms with Crippen LogP contribution in [0, 0.1) is 56.2 Å². The number of aliphatic hydroxyl groups excluding tert-OH is 10. The van der Waals surface area contributed by atoms with Gasteiger partial charge in [0.05, 0.1) is 55.6 Å². The molecular formula is C54H84NaO23+. The van der Waals surface area contributed by atoms with Gasteiger partial charge in [-0.15, -0.1) is 0 Å². The van der Waals surface area contributed by atoms with E-state index in [0.29, 0.717) is 44.9 Å². The fraction of sp³-hybridized carbons (Fsp3) is 0.907. The molecule has 4 saturated heterocycles. The number of hydrogen-bond acceptors (Lipinski definition) is 22. The van der Waals surface area contributed by atoms with E-state index in [0.717, 1.165) is 0 Å². The molecule has 11 N–H and O–H groups in total. The molecule has 0 radical (unpaired) electrons. The van der Waals surface area contributed by atoms with Crippen LogP contribution in [0.3, 0.4) is 0 Å². The minimum Gasteiger partial charge on any atom is -0.479 e. The molecule has 438 valence electrons. The summed E-state index contributed by atoms with van der Waals surface area (Å²) in [5.74, 6) is -3.82. The van der Waals surface area contributed by atoms with E-state index in [2.05, 4.69) is 40.7 Å². The molecule has 23 nitrogen and oxygen atoms in total. The van der Waals surface area contributed by atoms with Crippen LogP contribution in [-0.4, -0.2) is 217 Å². The van der Waals surface area contributed by atoms with Crippen molar-refractivity contribution in [2.45, 2.75) is 224 Å². The molecule has 0 spiro atoms. The van der Waals surface area contributed by atoms with Crippen molar-refractivity contribution in [3.05, 3.63) is 11.6 Å². The summed E-state index contributed by atoms with van der Waals surface area (Å²) in [6, 6.07) is 0. The van der Waals surface area contributed by atoms with Gasteiger partial charge < -0.3 is 98.8 Å². The van der Waals surface area contributed by atoms with Gasteiger partial charge in [0, 0.05) is 12.3 Å². The quantitative estimate of drug-likeness (QED) is 0.0347. The summed E-state index contributed by atoms with van der Waals surface area (Å²) >= 11 is 0. The molecule has 4 saturated carbocycles. The maximum absolute atomic E-state index is 13.6. The van der Waals surface area contributed by atoms with Crippen LogP contribution in [0.1, 0.15) is 107 Å². The number of carboxylic acids is 1. The summed E-state index contributed by atoms with van der Waals surface area (Å²) in [6.45, 7) is 15.8. The summed E-state index contributed by atoms with van der Waals surface area (Å²) in [7, 11) is 0. The van der Waals surface area contributed by atoms with Crippen molar-refractivity contribution in [1.82, 2.24) is 0 Å². The molecule has 5 aliphatic carbocycles. The van der Waals surface area contributed by atoms with Crippen LogP contribution in [0.2, 0.25) is 0 Å². The normalized spacial score (nSPS) is 51.0. The van der Waals surface area contributed by atoms with E-state index < -0.39 is 181 Å². The van der Waals surface area contributed by atoms with Gasteiger partial charge in [-0.25, -0.2) is 4.79 Å². The Balaban J connectivity index is 0.00000803. The van der Waals surface area contributed by atoms with Gasteiger partial charge in [0.15, 0.2) is 25.0 Å². The summed E-state index contributed by atoms with van der Waals surface area (Å²) in [4.78, 5) is 38.4. The SMILES string of the molecule is CC(=O)O[C@H](C)[C@@H](C)C(=O)OC[C@]12[C@H](O)[C@H]3O[C@@H]1C[C@]1(C)C(=CC[C@H]4[C@@]5(C)CC[C@@H](O[C@@H]6O[C@H](C(=O)O)[C@@H](O[C@H]7O[C@H](CO)[C@@H](O)[C@H](O)[C@H]7O)[C@H](O)[C@H]6O[C@@H]6OC[C@@H](O)[C@H](O)[C@H]6O)[C@](C)(CO)[C@H]5CC[C@@]41C)[C@@H]2CC3(C)C.[Na+]. The predicted molar refractivity (Wildman–Crippen MR) is 261 cm³/mol. The van der Waals surface area contributed by atoms with Gasteiger partial charge in [0.1, 0.15) is 73.8 Å². The molecule has 0 aromatic rings. The Morgan fingerprint density at radius 2 is 1.42 bits per heavy atom. The van der Waals surface area contributed by atoms with E-state index in [1.54, 1.807) is 13.8 Å². The van der Waals surface area contributed by atoms with Gasteiger partial charge in [-0.2, -0.15) is 0 Å². The second-order valence-corrected chi connectivity index (χ2v) is 25.8. The maximum Gasteiger partial charge on any atom is 1.00 e. The van der Waals surface area contributed by atoms with Crippen molar-refractivity contribution in [2.24, 2.45) is 56.2 Å². The third kappa shape index (κ3) is 9.81. The average Bonchev–Trinajstić information content (AvgIpc) is 3.52. The minimum atomic E-state index is -2.09. The van der Waals surface area contributed by atoms with Crippen LogP contribution in [0.25, 0.3) is 0 Å². The van der Waals surface area contributed by atoms with Crippen LogP contribution in [0.5, 0.6) is 0 Å². The van der Waals surface area contributed by atoms with Crippen molar-refractivity contribution in [3.8, 4) is 0 Å². The van der Waals surface area contributed by atoms with Gasteiger partial charge in [-0.1, -0.05) is 53.2 Å². The largest absolute Gasteiger partial charge is 1.00 e. The zero-order chi connectivity index (χ0) is 56.4. The van der Waals surface area contributed by atoms with Crippen LogP contribution in [0.15, 0.2) is 11.6 Å². The molecule has 78 heavy (non-hydrogen) atoms. The average molecular weight is 1120 g/mol. The van der Waals surface area contributed by atoms with Crippen molar-refractivity contribution in [1.29, 1.82) is 0 Å². The molecular weight excluding hydrogens is 1040 g/mol. The number of hydrogen-bond donors (Lipinski definition) is 11. The molecule has 2 bridgehead atoms.